The molecule has 2 fully saturated rings. The Balaban J connectivity index is 1.04. The highest BCUT2D eigenvalue weighted by Crippen LogP contribution is 2.30. The van der Waals surface area contributed by atoms with Crippen LogP contribution in [-0.4, -0.2) is 82.2 Å². The number of aryl methyl sites for hydroxylation is 2. The van der Waals surface area contributed by atoms with Gasteiger partial charge in [0.05, 0.1) is 22.4 Å². The predicted octanol–water partition coefficient (Wildman–Crippen LogP) is 4.35. The van der Waals surface area contributed by atoms with E-state index in [4.69, 9.17) is 10.1 Å². The van der Waals surface area contributed by atoms with Gasteiger partial charge in [0.1, 0.15) is 5.82 Å². The SMILES string of the molecule is CCN1CCN(c2ccc(Nc3cc(N4CCCC(NC(=O)c5cc6c(s5)CCCC6)C4)nn4ccnc34)nc2)CC1. The fourth-order valence-corrected chi connectivity index (χ4v) is 7.58. The van der Waals surface area contributed by atoms with Crippen molar-refractivity contribution in [2.75, 3.05) is 60.9 Å². The number of piperidine rings is 1. The number of nitrogens with one attached hydrogen (secondary N) is 2. The van der Waals surface area contributed by atoms with Crippen LogP contribution in [-0.2, 0) is 12.8 Å². The van der Waals surface area contributed by atoms with Crippen LogP contribution in [0.5, 0.6) is 0 Å². The van der Waals surface area contributed by atoms with Gasteiger partial charge < -0.3 is 25.3 Å². The quantitative estimate of drug-likeness (QED) is 0.331. The lowest BCUT2D eigenvalue weighted by molar-refractivity contribution is 0.0937. The summed E-state index contributed by atoms with van der Waals surface area (Å²) in [6.45, 7) is 9.17. The molecule has 0 aromatic carbocycles. The van der Waals surface area contributed by atoms with Crippen LogP contribution >= 0.6 is 11.3 Å². The highest BCUT2D eigenvalue weighted by molar-refractivity contribution is 7.14. The molecule has 3 aliphatic rings. The largest absolute Gasteiger partial charge is 0.368 e. The van der Waals surface area contributed by atoms with E-state index in [0.717, 1.165) is 105 Å². The average Bonchev–Trinajstić information content (AvgIpc) is 3.69. The number of hydrogen-bond donors (Lipinski definition) is 2. The number of imidazole rings is 1. The van der Waals surface area contributed by atoms with Crippen molar-refractivity contribution in [3.05, 3.63) is 58.2 Å². The van der Waals surface area contributed by atoms with Crippen molar-refractivity contribution in [3.8, 4) is 0 Å². The molecular formula is C31H39N9OS. The van der Waals surface area contributed by atoms with Gasteiger partial charge in [0.25, 0.3) is 5.91 Å². The molecule has 0 spiro atoms. The monoisotopic (exact) mass is 585 g/mol. The lowest BCUT2D eigenvalue weighted by Gasteiger charge is -2.35. The van der Waals surface area contributed by atoms with Gasteiger partial charge in [0.2, 0.25) is 0 Å². The Hall–Kier alpha value is -3.70. The van der Waals surface area contributed by atoms with E-state index < -0.39 is 0 Å². The Morgan fingerprint density at radius 3 is 2.71 bits per heavy atom. The summed E-state index contributed by atoms with van der Waals surface area (Å²) in [5, 5.41) is 11.7. The molecule has 4 aromatic rings. The second kappa shape index (κ2) is 11.9. The number of aromatic nitrogens is 4. The molecule has 0 saturated carbocycles. The van der Waals surface area contributed by atoms with Crippen LogP contribution in [0.3, 0.4) is 0 Å². The number of rotatable bonds is 7. The second-order valence-corrected chi connectivity index (χ2v) is 12.7. The maximum atomic E-state index is 13.2. The molecular weight excluding hydrogens is 546 g/mol. The predicted molar refractivity (Wildman–Crippen MR) is 168 cm³/mol. The fourth-order valence-electron chi connectivity index (χ4n) is 6.42. The molecule has 7 rings (SSSR count). The average molecular weight is 586 g/mol. The second-order valence-electron chi connectivity index (χ2n) is 11.6. The van der Waals surface area contributed by atoms with Gasteiger partial charge in [0.15, 0.2) is 11.5 Å². The van der Waals surface area contributed by atoms with E-state index in [1.54, 1.807) is 17.5 Å². The van der Waals surface area contributed by atoms with E-state index in [-0.39, 0.29) is 11.9 Å². The Kier molecular flexibility index (Phi) is 7.69. The van der Waals surface area contributed by atoms with Crippen molar-refractivity contribution < 1.29 is 4.79 Å². The minimum absolute atomic E-state index is 0.0587. The minimum atomic E-state index is 0.0587. The molecule has 1 amide bonds. The van der Waals surface area contributed by atoms with Gasteiger partial charge in [-0.05, 0) is 68.8 Å². The summed E-state index contributed by atoms with van der Waals surface area (Å²) in [6, 6.07) is 8.43. The van der Waals surface area contributed by atoms with Crippen LogP contribution < -0.4 is 20.4 Å². The molecule has 4 aromatic heterocycles. The summed E-state index contributed by atoms with van der Waals surface area (Å²) >= 11 is 1.68. The number of hydrogen-bond acceptors (Lipinski definition) is 9. The van der Waals surface area contributed by atoms with Crippen LogP contribution in [0.4, 0.5) is 23.0 Å². The normalized spacial score (nSPS) is 19.6. The lowest BCUT2D eigenvalue weighted by atomic mass is 9.99. The number of nitrogens with zero attached hydrogens (tertiary/aromatic N) is 7. The number of pyridine rings is 1. The highest BCUT2D eigenvalue weighted by atomic mass is 32.1. The van der Waals surface area contributed by atoms with Crippen molar-refractivity contribution in [1.29, 1.82) is 0 Å². The first-order valence-electron chi connectivity index (χ1n) is 15.3. The number of carbonyl (C=O) groups is 1. The van der Waals surface area contributed by atoms with Crippen LogP contribution in [0.2, 0.25) is 0 Å². The van der Waals surface area contributed by atoms with Gasteiger partial charge in [-0.25, -0.2) is 14.5 Å². The molecule has 0 radical (unpaired) electrons. The highest BCUT2D eigenvalue weighted by Gasteiger charge is 2.26. The lowest BCUT2D eigenvalue weighted by Crippen LogP contribution is -2.48. The fraction of sp³-hybridized carbons (Fsp3) is 0.484. The third-order valence-corrected chi connectivity index (χ3v) is 10.1. The number of carbonyl (C=O) groups excluding carboxylic acids is 1. The topological polar surface area (TPSA) is 93.9 Å². The maximum absolute atomic E-state index is 13.2. The van der Waals surface area contributed by atoms with Crippen molar-refractivity contribution in [1.82, 2.24) is 29.8 Å². The maximum Gasteiger partial charge on any atom is 0.261 e. The van der Waals surface area contributed by atoms with Crippen LogP contribution in [0, 0.1) is 0 Å². The third kappa shape index (κ3) is 5.67. The van der Waals surface area contributed by atoms with E-state index in [0.29, 0.717) is 0 Å². The van der Waals surface area contributed by atoms with Crippen LogP contribution in [0.15, 0.2) is 42.9 Å². The van der Waals surface area contributed by atoms with Gasteiger partial charge in [-0.15, -0.1) is 16.4 Å². The molecule has 2 aliphatic heterocycles. The standard InChI is InChI=1S/C31H39N9OS/c1-2-37-14-16-38(17-15-37)24-9-10-28(33-20-24)35-25-19-29(36-40-13-11-32-30(25)40)39-12-5-7-23(21-39)34-31(41)27-18-22-6-3-4-8-26(22)42-27/h9-11,13,18-20,23H,2-8,12,14-17,21H2,1H3,(H,33,35)(H,34,41). The minimum Gasteiger partial charge on any atom is -0.368 e. The number of anilines is 4. The summed E-state index contributed by atoms with van der Waals surface area (Å²) in [7, 11) is 0. The zero-order chi connectivity index (χ0) is 28.5. The molecule has 10 nitrogen and oxygen atoms in total. The number of piperazine rings is 1. The molecule has 0 bridgehead atoms. The summed E-state index contributed by atoms with van der Waals surface area (Å²) < 4.78 is 1.82. The first-order valence-corrected chi connectivity index (χ1v) is 16.2. The first kappa shape index (κ1) is 27.2. The Morgan fingerprint density at radius 2 is 1.90 bits per heavy atom. The third-order valence-electron chi connectivity index (χ3n) is 8.84. The number of amides is 1. The van der Waals surface area contributed by atoms with Gasteiger partial charge in [-0.3, -0.25) is 4.79 Å². The van der Waals surface area contributed by atoms with Crippen LogP contribution in [0.1, 0.15) is 52.7 Å². The summed E-state index contributed by atoms with van der Waals surface area (Å²) in [6.07, 6.45) is 12.2. The number of fused-ring (bicyclic) bond motifs is 2. The molecule has 220 valence electrons. The Morgan fingerprint density at radius 1 is 1.02 bits per heavy atom. The van der Waals surface area contributed by atoms with Crippen molar-refractivity contribution in [2.24, 2.45) is 0 Å². The smallest absolute Gasteiger partial charge is 0.261 e. The van der Waals surface area contributed by atoms with E-state index in [1.807, 2.05) is 23.0 Å². The first-order chi connectivity index (χ1) is 20.6. The summed E-state index contributed by atoms with van der Waals surface area (Å²) in [4.78, 5) is 31.8. The summed E-state index contributed by atoms with van der Waals surface area (Å²) in [5.41, 5.74) is 4.14. The van der Waals surface area contributed by atoms with Gasteiger partial charge in [-0.2, -0.15) is 0 Å². The molecule has 2 saturated heterocycles. The van der Waals surface area contributed by atoms with E-state index in [9.17, 15) is 4.79 Å². The molecule has 11 heteroatoms. The number of thiophene rings is 1. The molecule has 1 atom stereocenters. The molecule has 42 heavy (non-hydrogen) atoms. The van der Waals surface area contributed by atoms with Crippen molar-refractivity contribution in [2.45, 2.75) is 51.5 Å². The van der Waals surface area contributed by atoms with E-state index in [1.165, 1.54) is 23.3 Å². The van der Waals surface area contributed by atoms with Crippen LogP contribution in [0.25, 0.3) is 5.65 Å². The van der Waals surface area contributed by atoms with Gasteiger partial charge in [0, 0.05) is 68.6 Å². The van der Waals surface area contributed by atoms with E-state index in [2.05, 4.69) is 55.4 Å². The zero-order valence-corrected chi connectivity index (χ0v) is 25.1. The number of likely N-dealkylation sites (N-methyl/N-ethyl adjacent to an activating group) is 1. The van der Waals surface area contributed by atoms with Crippen molar-refractivity contribution in [3.63, 3.8) is 0 Å². The van der Waals surface area contributed by atoms with E-state index >= 15 is 0 Å². The molecule has 1 unspecified atom stereocenters. The van der Waals surface area contributed by atoms with Gasteiger partial charge >= 0.3 is 0 Å². The molecule has 1 aliphatic carbocycles. The van der Waals surface area contributed by atoms with Crippen molar-refractivity contribution >= 4 is 45.9 Å². The zero-order valence-electron chi connectivity index (χ0n) is 24.3. The molecule has 6 heterocycles. The van der Waals surface area contributed by atoms with Gasteiger partial charge in [-0.1, -0.05) is 6.92 Å². The summed E-state index contributed by atoms with van der Waals surface area (Å²) in [5.74, 6) is 1.69. The molecule has 2 N–H and O–H groups in total. The Labute approximate surface area is 250 Å². The Bertz CT molecular complexity index is 1520.